The number of para-hydroxylation sites is 7. The second-order valence-electron chi connectivity index (χ2n) is 15.9. The molecule has 0 atom stereocenters. The van der Waals surface area contributed by atoms with Crippen molar-refractivity contribution in [3.05, 3.63) is 212 Å². The average Bonchev–Trinajstić information content (AvgIpc) is 4.17. The zero-order valence-corrected chi connectivity index (χ0v) is 33.7. The summed E-state index contributed by atoms with van der Waals surface area (Å²) in [6, 6.07) is 50.9. The average molecular weight is 826 g/mol. The van der Waals surface area contributed by atoms with Crippen molar-refractivity contribution < 1.29 is 15.4 Å². The first kappa shape index (κ1) is 28.0. The Morgan fingerprint density at radius 1 is 0.391 bits per heavy atom. The third-order valence-electron chi connectivity index (χ3n) is 12.6. The van der Waals surface area contributed by atoms with E-state index in [0.29, 0.717) is 49.4 Å². The molecule has 5 aromatic heterocycles. The fourth-order valence-corrected chi connectivity index (χ4v) is 9.86. The van der Waals surface area contributed by atoms with Crippen LogP contribution in [-0.4, -0.2) is 23.7 Å². The summed E-state index contributed by atoms with van der Waals surface area (Å²) in [4.78, 5) is 10.9. The first-order chi connectivity index (χ1) is 35.1. The third-order valence-corrected chi connectivity index (χ3v) is 12.6. The molecule has 298 valence electrons. The van der Waals surface area contributed by atoms with Crippen LogP contribution in [0.1, 0.15) is 11.0 Å². The molecule has 6 nitrogen and oxygen atoms in total. The highest BCUT2D eigenvalue weighted by molar-refractivity contribution is 6.12. The van der Waals surface area contributed by atoms with E-state index < -0.39 is 12.1 Å². The van der Waals surface area contributed by atoms with E-state index >= 15 is 0 Å². The molecule has 0 N–H and O–H groups in total. The Hall–Kier alpha value is -8.74. The summed E-state index contributed by atoms with van der Waals surface area (Å²) >= 11 is 0. The Morgan fingerprint density at radius 2 is 0.922 bits per heavy atom. The fraction of sp³-hybridized carbons (Fsp3) is 0. The van der Waals surface area contributed by atoms with E-state index in [2.05, 4.69) is 47.0 Å². The zero-order valence-electron chi connectivity index (χ0n) is 41.7. The Kier molecular flexibility index (Phi) is 5.85. The van der Waals surface area contributed by atoms with Crippen molar-refractivity contribution in [2.24, 2.45) is 0 Å². The van der Waals surface area contributed by atoms with Crippen LogP contribution in [0, 0.1) is 0 Å². The maximum atomic E-state index is 9.45. The van der Waals surface area contributed by atoms with Gasteiger partial charge in [0, 0.05) is 54.7 Å². The third kappa shape index (κ3) is 4.96. The standard InChI is InChI=1S/C58H35N5O/c1-8-24-47-38(16-1)39-17-2-9-25-48(39)61(47)53-30-15-23-37(36-32-33-45-44-22-7-14-31-54(44)64-55(45)34-36)57(53)46-35-56(62-49-26-10-3-18-40(49)41-19-4-11-27-50(41)62)60-58(59-46)63-51-28-12-5-20-42(51)43-21-6-13-29-52(43)63/h1-35H/i3D,5D,10D,12D,18D,20D,26D,28D. The molecule has 0 spiro atoms. The molecule has 0 aliphatic heterocycles. The van der Waals surface area contributed by atoms with Gasteiger partial charge in [0.05, 0.1) is 55.4 Å². The van der Waals surface area contributed by atoms with Crippen LogP contribution in [0.25, 0.3) is 127 Å². The minimum absolute atomic E-state index is 0.0706. The van der Waals surface area contributed by atoms with Crippen molar-refractivity contribution >= 4 is 87.4 Å². The molecule has 64 heavy (non-hydrogen) atoms. The quantitative estimate of drug-likeness (QED) is 0.174. The summed E-state index contributed by atoms with van der Waals surface area (Å²) in [5.74, 6) is 0.329. The van der Waals surface area contributed by atoms with Crippen LogP contribution in [0.3, 0.4) is 0 Å². The fourth-order valence-electron chi connectivity index (χ4n) is 9.86. The Morgan fingerprint density at radius 3 is 1.59 bits per heavy atom. The summed E-state index contributed by atoms with van der Waals surface area (Å²) in [7, 11) is 0. The van der Waals surface area contributed by atoms with Gasteiger partial charge in [0.15, 0.2) is 0 Å². The minimum atomic E-state index is -0.411. The van der Waals surface area contributed by atoms with Gasteiger partial charge in [0.25, 0.3) is 0 Å². The van der Waals surface area contributed by atoms with E-state index in [1.807, 2.05) is 121 Å². The number of rotatable bonds is 5. The van der Waals surface area contributed by atoms with Gasteiger partial charge in [0.2, 0.25) is 5.95 Å². The number of fused-ring (bicyclic) bond motifs is 12. The van der Waals surface area contributed by atoms with E-state index in [9.17, 15) is 5.48 Å². The molecular formula is C58H35N5O. The van der Waals surface area contributed by atoms with Crippen LogP contribution >= 0.6 is 0 Å². The van der Waals surface area contributed by atoms with Crippen LogP contribution in [0.2, 0.25) is 0 Å². The molecule has 14 rings (SSSR count). The largest absolute Gasteiger partial charge is 0.456 e. The van der Waals surface area contributed by atoms with Crippen molar-refractivity contribution in [1.82, 2.24) is 23.7 Å². The number of hydrogen-bond acceptors (Lipinski definition) is 3. The van der Waals surface area contributed by atoms with Gasteiger partial charge in [-0.1, -0.05) is 145 Å². The monoisotopic (exact) mass is 825 g/mol. The molecule has 5 heterocycles. The molecule has 14 aromatic rings. The molecule has 6 heteroatoms. The molecule has 0 saturated heterocycles. The number of benzene rings is 9. The number of furan rings is 1. The summed E-state index contributed by atoms with van der Waals surface area (Å²) in [5, 5.41) is 5.87. The van der Waals surface area contributed by atoms with E-state index in [1.165, 1.54) is 0 Å². The van der Waals surface area contributed by atoms with Crippen LogP contribution in [0.15, 0.2) is 217 Å². The lowest BCUT2D eigenvalue weighted by molar-refractivity contribution is 0.669. The predicted molar refractivity (Wildman–Crippen MR) is 263 cm³/mol. The maximum Gasteiger partial charge on any atom is 0.237 e. The highest BCUT2D eigenvalue weighted by atomic mass is 16.3. The van der Waals surface area contributed by atoms with Gasteiger partial charge in [-0.05, 0) is 71.7 Å². The van der Waals surface area contributed by atoms with Crippen molar-refractivity contribution in [2.75, 3.05) is 0 Å². The first-order valence-electron chi connectivity index (χ1n) is 25.0. The van der Waals surface area contributed by atoms with Gasteiger partial charge in [-0.15, -0.1) is 0 Å². The van der Waals surface area contributed by atoms with Crippen molar-refractivity contribution in [1.29, 1.82) is 0 Å². The smallest absolute Gasteiger partial charge is 0.237 e. The van der Waals surface area contributed by atoms with Gasteiger partial charge < -0.3 is 8.98 Å². The highest BCUT2D eigenvalue weighted by Crippen LogP contribution is 2.44. The van der Waals surface area contributed by atoms with E-state index in [-0.39, 0.29) is 59.1 Å². The van der Waals surface area contributed by atoms with Crippen LogP contribution < -0.4 is 0 Å². The normalized spacial score (nSPS) is 13.8. The highest BCUT2D eigenvalue weighted by Gasteiger charge is 2.24. The summed E-state index contributed by atoms with van der Waals surface area (Å²) in [5.41, 5.74) is 8.40. The number of aromatic nitrogens is 5. The lowest BCUT2D eigenvalue weighted by atomic mass is 9.94. The van der Waals surface area contributed by atoms with E-state index in [4.69, 9.17) is 19.9 Å². The summed E-state index contributed by atoms with van der Waals surface area (Å²) in [6.07, 6.45) is 0. The summed E-state index contributed by atoms with van der Waals surface area (Å²) in [6.45, 7) is 0. The maximum absolute atomic E-state index is 9.45. The molecule has 0 bridgehead atoms. The number of nitrogens with zero attached hydrogens (tertiary/aromatic N) is 5. The molecule has 9 aromatic carbocycles. The molecule has 0 fully saturated rings. The van der Waals surface area contributed by atoms with Gasteiger partial charge in [-0.25, -0.2) is 4.98 Å². The van der Waals surface area contributed by atoms with Crippen molar-refractivity contribution in [3.63, 3.8) is 0 Å². The predicted octanol–water partition coefficient (Wildman–Crippen LogP) is 15.0. The van der Waals surface area contributed by atoms with Gasteiger partial charge in [0.1, 0.15) is 17.0 Å². The van der Waals surface area contributed by atoms with Gasteiger partial charge in [-0.3, -0.25) is 9.13 Å². The molecule has 0 aliphatic carbocycles. The minimum Gasteiger partial charge on any atom is -0.456 e. The SMILES string of the molecule is [2H]c1c([2H])c([2H])c2c(c1[2H])c1ccccc1n2-c1cc(-c2c(-c3ccc4c(c3)oc3ccccc34)cccc2-n2c3ccccc3c3ccccc32)nc(-n2c3ccccc3c3c([2H])c([2H])c([2H])c([2H])c32)n1. The second kappa shape index (κ2) is 13.4. The Bertz CT molecular complexity index is 4490. The Balaban J connectivity index is 1.18. The molecule has 0 amide bonds. The zero-order chi connectivity index (χ0) is 48.8. The first-order valence-corrected chi connectivity index (χ1v) is 21.0. The van der Waals surface area contributed by atoms with Crippen LogP contribution in [0.4, 0.5) is 0 Å². The van der Waals surface area contributed by atoms with Crippen molar-refractivity contribution in [3.8, 4) is 39.8 Å². The van der Waals surface area contributed by atoms with E-state index in [1.54, 1.807) is 9.13 Å². The molecule has 0 saturated carbocycles. The van der Waals surface area contributed by atoms with Crippen LogP contribution in [0.5, 0.6) is 0 Å². The number of hydrogen-bond donors (Lipinski definition) is 0. The second-order valence-corrected chi connectivity index (χ2v) is 15.9. The topological polar surface area (TPSA) is 53.7 Å². The molecular weight excluding hydrogens is 783 g/mol. The van der Waals surface area contributed by atoms with E-state index in [0.717, 1.165) is 55.0 Å². The molecule has 0 unspecified atom stereocenters. The Labute approximate surface area is 377 Å². The lowest BCUT2D eigenvalue weighted by Crippen LogP contribution is -2.09. The van der Waals surface area contributed by atoms with Crippen molar-refractivity contribution in [2.45, 2.75) is 0 Å². The van der Waals surface area contributed by atoms with Gasteiger partial charge >= 0.3 is 0 Å². The van der Waals surface area contributed by atoms with Gasteiger partial charge in [-0.2, -0.15) is 4.98 Å². The lowest BCUT2D eigenvalue weighted by Gasteiger charge is -2.20. The molecule has 0 radical (unpaired) electrons. The molecule has 0 aliphatic rings. The summed E-state index contributed by atoms with van der Waals surface area (Å²) < 4.78 is 84.8. The van der Waals surface area contributed by atoms with Crippen LogP contribution in [-0.2, 0) is 0 Å².